The molecule has 0 aliphatic rings. The number of hydrogen-bond acceptors (Lipinski definition) is 5. The number of hydrogen-bond donors (Lipinski definition) is 2. The minimum atomic E-state index is -0.464. The topological polar surface area (TPSA) is 75.9 Å². The van der Waals surface area contributed by atoms with Gasteiger partial charge in [-0.2, -0.15) is 4.68 Å². The van der Waals surface area contributed by atoms with Crippen molar-refractivity contribution in [3.05, 3.63) is 36.2 Å². The van der Waals surface area contributed by atoms with Crippen LogP contribution in [0.5, 0.6) is 0 Å². The Balaban J connectivity index is 2.13. The summed E-state index contributed by atoms with van der Waals surface area (Å²) in [6.07, 6.45) is -0.464. The van der Waals surface area contributed by atoms with Crippen LogP contribution in [-0.2, 0) is 6.54 Å². The van der Waals surface area contributed by atoms with E-state index in [0.29, 0.717) is 12.4 Å². The first kappa shape index (κ1) is 13.6. The molecule has 1 aromatic carbocycles. The van der Waals surface area contributed by atoms with Crippen molar-refractivity contribution < 1.29 is 5.11 Å². The number of nitrogens with one attached hydrogen (secondary N) is 1. The van der Waals surface area contributed by atoms with E-state index in [1.807, 2.05) is 44.2 Å². The van der Waals surface area contributed by atoms with Gasteiger partial charge in [-0.05, 0) is 43.3 Å². The number of benzene rings is 1. The van der Waals surface area contributed by atoms with E-state index >= 15 is 0 Å². The summed E-state index contributed by atoms with van der Waals surface area (Å²) >= 11 is 0. The maximum Gasteiger partial charge on any atom is 0.170 e. The van der Waals surface area contributed by atoms with E-state index in [1.165, 1.54) is 0 Å². The molecule has 0 bridgehead atoms. The molecule has 1 unspecified atom stereocenters. The van der Waals surface area contributed by atoms with Crippen molar-refractivity contribution in [2.75, 3.05) is 0 Å². The van der Waals surface area contributed by atoms with Gasteiger partial charge in [-0.25, -0.2) is 0 Å². The Morgan fingerprint density at radius 1 is 1.32 bits per heavy atom. The average molecular weight is 261 g/mol. The minimum Gasteiger partial charge on any atom is -0.392 e. The van der Waals surface area contributed by atoms with Gasteiger partial charge in [-0.1, -0.05) is 18.2 Å². The Labute approximate surface area is 112 Å². The minimum absolute atomic E-state index is 0.395. The van der Waals surface area contributed by atoms with Gasteiger partial charge in [-0.3, -0.25) is 0 Å². The molecule has 0 aliphatic carbocycles. The molecule has 0 radical (unpaired) electrons. The Bertz CT molecular complexity index is 521. The number of rotatable bonds is 5. The molecule has 2 aromatic rings. The Morgan fingerprint density at radius 3 is 2.63 bits per heavy atom. The summed E-state index contributed by atoms with van der Waals surface area (Å²) in [5.41, 5.74) is 0.521. The standard InChI is InChI=1S/C13H19N5O/c1-10(19)13(2,3)14-9-12-15-16-17-18(12)11-7-5-4-6-8-11/h4-8,10,14,19H,9H2,1-3H3. The molecule has 1 atom stereocenters. The molecule has 102 valence electrons. The molecule has 1 aromatic heterocycles. The maximum atomic E-state index is 9.67. The average Bonchev–Trinajstić information content (AvgIpc) is 2.85. The molecule has 2 N–H and O–H groups in total. The first-order chi connectivity index (χ1) is 9.00. The number of tetrazole rings is 1. The molecule has 0 amide bonds. The fraction of sp³-hybridized carbons (Fsp3) is 0.462. The van der Waals surface area contributed by atoms with Crippen LogP contribution in [0.3, 0.4) is 0 Å². The molecule has 6 nitrogen and oxygen atoms in total. The molecule has 1 heterocycles. The van der Waals surface area contributed by atoms with Crippen molar-refractivity contribution >= 4 is 0 Å². The molecule has 0 saturated heterocycles. The molecular formula is C13H19N5O. The zero-order chi connectivity index (χ0) is 13.9. The van der Waals surface area contributed by atoms with Crippen LogP contribution in [0.2, 0.25) is 0 Å². The highest BCUT2D eigenvalue weighted by Crippen LogP contribution is 2.11. The molecule has 0 fully saturated rings. The molecule has 0 spiro atoms. The summed E-state index contributed by atoms with van der Waals surface area (Å²) in [4.78, 5) is 0. The number of nitrogens with zero attached hydrogens (tertiary/aromatic N) is 4. The summed E-state index contributed by atoms with van der Waals surface area (Å²) in [5.74, 6) is 0.708. The summed E-state index contributed by atoms with van der Waals surface area (Å²) in [7, 11) is 0. The monoisotopic (exact) mass is 261 g/mol. The lowest BCUT2D eigenvalue weighted by Gasteiger charge is -2.29. The van der Waals surface area contributed by atoms with Gasteiger partial charge >= 0.3 is 0 Å². The molecular weight excluding hydrogens is 242 g/mol. The van der Waals surface area contributed by atoms with Crippen LogP contribution in [0.15, 0.2) is 30.3 Å². The highest BCUT2D eigenvalue weighted by molar-refractivity contribution is 5.30. The van der Waals surface area contributed by atoms with Crippen LogP contribution in [0.4, 0.5) is 0 Å². The van der Waals surface area contributed by atoms with Gasteiger partial charge in [0.25, 0.3) is 0 Å². The quantitative estimate of drug-likeness (QED) is 0.836. The van der Waals surface area contributed by atoms with Gasteiger partial charge in [0.15, 0.2) is 5.82 Å². The number of aliphatic hydroxyl groups is 1. The summed E-state index contributed by atoms with van der Waals surface area (Å²) in [6, 6.07) is 9.71. The predicted molar refractivity (Wildman–Crippen MR) is 71.8 cm³/mol. The van der Waals surface area contributed by atoms with Gasteiger partial charge in [0.05, 0.1) is 18.3 Å². The zero-order valence-electron chi connectivity index (χ0n) is 11.4. The fourth-order valence-corrected chi connectivity index (χ4v) is 1.54. The fourth-order valence-electron chi connectivity index (χ4n) is 1.54. The number of aromatic nitrogens is 4. The molecule has 0 saturated carbocycles. The highest BCUT2D eigenvalue weighted by atomic mass is 16.3. The second kappa shape index (κ2) is 5.46. The van der Waals surface area contributed by atoms with Gasteiger partial charge in [0.2, 0.25) is 0 Å². The lowest BCUT2D eigenvalue weighted by Crippen LogP contribution is -2.48. The lowest BCUT2D eigenvalue weighted by molar-refractivity contribution is 0.0950. The summed E-state index contributed by atoms with van der Waals surface area (Å²) in [5, 5.41) is 24.6. The lowest BCUT2D eigenvalue weighted by atomic mass is 9.99. The van der Waals surface area contributed by atoms with Crippen molar-refractivity contribution in [2.24, 2.45) is 0 Å². The van der Waals surface area contributed by atoms with Gasteiger partial charge < -0.3 is 10.4 Å². The van der Waals surface area contributed by atoms with Crippen molar-refractivity contribution in [3.63, 3.8) is 0 Å². The normalized spacial score (nSPS) is 13.5. The number of aliphatic hydroxyl groups excluding tert-OH is 1. The van der Waals surface area contributed by atoms with E-state index in [4.69, 9.17) is 0 Å². The summed E-state index contributed by atoms with van der Waals surface area (Å²) in [6.45, 7) is 6.12. The first-order valence-electron chi connectivity index (χ1n) is 6.26. The third kappa shape index (κ3) is 3.15. The van der Waals surface area contributed by atoms with Crippen LogP contribution in [0.1, 0.15) is 26.6 Å². The van der Waals surface area contributed by atoms with Crippen molar-refractivity contribution in [2.45, 2.75) is 39.0 Å². The SMILES string of the molecule is CC(O)C(C)(C)NCc1nnnn1-c1ccccc1. The molecule has 19 heavy (non-hydrogen) atoms. The molecule has 2 rings (SSSR count). The third-order valence-corrected chi connectivity index (χ3v) is 3.28. The third-order valence-electron chi connectivity index (χ3n) is 3.28. The van der Waals surface area contributed by atoms with E-state index in [-0.39, 0.29) is 0 Å². The summed E-state index contributed by atoms with van der Waals surface area (Å²) < 4.78 is 1.69. The van der Waals surface area contributed by atoms with Crippen LogP contribution >= 0.6 is 0 Å². The van der Waals surface area contributed by atoms with Gasteiger partial charge in [0, 0.05) is 5.54 Å². The highest BCUT2D eigenvalue weighted by Gasteiger charge is 2.24. The first-order valence-corrected chi connectivity index (χ1v) is 6.26. The van der Waals surface area contributed by atoms with E-state index in [9.17, 15) is 5.11 Å². The van der Waals surface area contributed by atoms with Crippen molar-refractivity contribution in [1.29, 1.82) is 0 Å². The maximum absolute atomic E-state index is 9.67. The van der Waals surface area contributed by atoms with Crippen LogP contribution in [-0.4, -0.2) is 37.0 Å². The Hall–Kier alpha value is -1.79. The zero-order valence-corrected chi connectivity index (χ0v) is 11.4. The molecule has 6 heteroatoms. The van der Waals surface area contributed by atoms with E-state index in [2.05, 4.69) is 20.8 Å². The smallest absolute Gasteiger partial charge is 0.170 e. The second-order valence-corrected chi connectivity index (χ2v) is 5.09. The van der Waals surface area contributed by atoms with Crippen LogP contribution in [0, 0.1) is 0 Å². The van der Waals surface area contributed by atoms with Gasteiger partial charge in [-0.15, -0.1) is 5.10 Å². The van der Waals surface area contributed by atoms with Crippen molar-refractivity contribution in [1.82, 2.24) is 25.5 Å². The Morgan fingerprint density at radius 2 is 2.00 bits per heavy atom. The predicted octanol–water partition coefficient (Wildman–Crippen LogP) is 0.911. The van der Waals surface area contributed by atoms with Crippen molar-refractivity contribution in [3.8, 4) is 5.69 Å². The second-order valence-electron chi connectivity index (χ2n) is 5.09. The molecule has 0 aliphatic heterocycles. The Kier molecular flexibility index (Phi) is 3.92. The largest absolute Gasteiger partial charge is 0.392 e. The number of para-hydroxylation sites is 1. The van der Waals surface area contributed by atoms with E-state index in [1.54, 1.807) is 11.6 Å². The van der Waals surface area contributed by atoms with Crippen LogP contribution in [0.25, 0.3) is 5.69 Å². The van der Waals surface area contributed by atoms with E-state index in [0.717, 1.165) is 5.69 Å². The van der Waals surface area contributed by atoms with E-state index < -0.39 is 11.6 Å². The van der Waals surface area contributed by atoms with Crippen LogP contribution < -0.4 is 5.32 Å². The van der Waals surface area contributed by atoms with Gasteiger partial charge in [0.1, 0.15) is 0 Å².